The average molecular weight is 544 g/mol. The van der Waals surface area contributed by atoms with E-state index in [2.05, 4.69) is 140 Å². The van der Waals surface area contributed by atoms with Gasteiger partial charge in [0.05, 0.1) is 6.54 Å². The van der Waals surface area contributed by atoms with Gasteiger partial charge in [0.25, 0.3) is 0 Å². The van der Waals surface area contributed by atoms with Gasteiger partial charge in [-0.15, -0.1) is 11.3 Å². The molecule has 0 bridgehead atoms. The van der Waals surface area contributed by atoms with Gasteiger partial charge in [0.2, 0.25) is 0 Å². The molecule has 2 heteroatoms. The molecule has 0 spiro atoms. The van der Waals surface area contributed by atoms with Gasteiger partial charge in [-0.3, -0.25) is 4.99 Å². The summed E-state index contributed by atoms with van der Waals surface area (Å²) in [6, 6.07) is 38.0. The fourth-order valence-corrected chi connectivity index (χ4v) is 7.23. The summed E-state index contributed by atoms with van der Waals surface area (Å²) in [5.74, 6) is 0. The predicted octanol–water partition coefficient (Wildman–Crippen LogP) is 11.6. The molecule has 7 rings (SSSR count). The first-order valence-corrected chi connectivity index (χ1v) is 14.7. The minimum atomic E-state index is 0.634. The number of thiophene rings is 1. The van der Waals surface area contributed by atoms with Crippen LogP contribution in [0.4, 0.5) is 0 Å². The van der Waals surface area contributed by atoms with Gasteiger partial charge in [0.15, 0.2) is 0 Å². The Hall–Kier alpha value is -4.79. The van der Waals surface area contributed by atoms with Gasteiger partial charge in [-0.05, 0) is 91.5 Å². The van der Waals surface area contributed by atoms with E-state index in [0.717, 1.165) is 0 Å². The van der Waals surface area contributed by atoms with Crippen molar-refractivity contribution in [3.63, 3.8) is 0 Å². The highest BCUT2D eigenvalue weighted by atomic mass is 32.1. The fraction of sp³-hybridized carbons (Fsp3) is 0.0513. The third kappa shape index (κ3) is 4.20. The Balaban J connectivity index is 1.47. The molecule has 0 unspecified atom stereocenters. The molecule has 1 nitrogen and oxygen atoms in total. The lowest BCUT2D eigenvalue weighted by Crippen LogP contribution is -1.89. The Morgan fingerprint density at radius 2 is 1.34 bits per heavy atom. The van der Waals surface area contributed by atoms with E-state index in [0.29, 0.717) is 6.54 Å². The van der Waals surface area contributed by atoms with E-state index in [-0.39, 0.29) is 0 Å². The van der Waals surface area contributed by atoms with Crippen molar-refractivity contribution < 1.29 is 0 Å². The van der Waals surface area contributed by atoms with Crippen LogP contribution in [0.15, 0.2) is 121 Å². The zero-order valence-electron chi connectivity index (χ0n) is 23.0. The monoisotopic (exact) mass is 543 g/mol. The van der Waals surface area contributed by atoms with Gasteiger partial charge in [-0.2, -0.15) is 0 Å². The first-order valence-electron chi connectivity index (χ1n) is 13.9. The minimum Gasteiger partial charge on any atom is -0.296 e. The van der Waals surface area contributed by atoms with Crippen molar-refractivity contribution in [1.82, 2.24) is 0 Å². The van der Waals surface area contributed by atoms with Gasteiger partial charge in [-0.1, -0.05) is 116 Å². The second-order valence-corrected chi connectivity index (χ2v) is 11.5. The highest BCUT2D eigenvalue weighted by molar-refractivity contribution is 7.20. The molecule has 1 heterocycles. The molecule has 0 aliphatic heterocycles. The lowest BCUT2D eigenvalue weighted by Gasteiger charge is -2.15. The molecule has 7 aromatic rings. The van der Waals surface area contributed by atoms with E-state index in [1.165, 1.54) is 80.7 Å². The van der Waals surface area contributed by atoms with E-state index in [1.54, 1.807) is 11.3 Å². The van der Waals surface area contributed by atoms with Gasteiger partial charge in [0, 0.05) is 15.0 Å². The van der Waals surface area contributed by atoms with Crippen LogP contribution in [0.1, 0.15) is 22.9 Å². The Morgan fingerprint density at radius 1 is 0.683 bits per heavy atom. The quantitative estimate of drug-likeness (QED) is 0.146. The summed E-state index contributed by atoms with van der Waals surface area (Å²) >= 11 is 1.81. The van der Waals surface area contributed by atoms with Crippen molar-refractivity contribution in [1.29, 1.82) is 0 Å². The molecule has 1 aromatic heterocycles. The number of allylic oxidation sites excluding steroid dienone is 1. The molecule has 6 aromatic carbocycles. The Labute approximate surface area is 244 Å². The van der Waals surface area contributed by atoms with Crippen molar-refractivity contribution in [3.8, 4) is 22.3 Å². The van der Waals surface area contributed by atoms with E-state index in [1.807, 2.05) is 6.08 Å². The molecule has 0 atom stereocenters. The standard InChI is InChI=1S/C39H29NS/c1-4-9-32-33-20-18-28(23-38(33)41-37(32)5-2)27-19-21-35-36(22-27)31-11-7-6-10-30(31)34-13-8-12-29(39(34)35)26-16-14-25(15-17-26)24-40-3/h4-23H,2-3,24H2,1H3/b9-4-. The van der Waals surface area contributed by atoms with E-state index in [4.69, 9.17) is 0 Å². The first-order chi connectivity index (χ1) is 20.2. The summed E-state index contributed by atoms with van der Waals surface area (Å²) in [5, 5.41) is 8.97. The maximum atomic E-state index is 4.05. The summed E-state index contributed by atoms with van der Waals surface area (Å²) in [5.41, 5.74) is 7.34. The smallest absolute Gasteiger partial charge is 0.0632 e. The summed E-state index contributed by atoms with van der Waals surface area (Å²) in [6.07, 6.45) is 6.25. The maximum absolute atomic E-state index is 4.05. The highest BCUT2D eigenvalue weighted by Crippen LogP contribution is 2.42. The van der Waals surface area contributed by atoms with Crippen LogP contribution in [0.2, 0.25) is 0 Å². The number of fused-ring (bicyclic) bond motifs is 7. The molecule has 0 amide bonds. The third-order valence-electron chi connectivity index (χ3n) is 8.03. The molecule has 0 radical (unpaired) electrons. The summed E-state index contributed by atoms with van der Waals surface area (Å²) in [7, 11) is 0. The second kappa shape index (κ2) is 10.3. The predicted molar refractivity (Wildman–Crippen MR) is 183 cm³/mol. The van der Waals surface area contributed by atoms with E-state index >= 15 is 0 Å². The summed E-state index contributed by atoms with van der Waals surface area (Å²) in [6.45, 7) is 10.4. The van der Waals surface area contributed by atoms with Gasteiger partial charge in [0.1, 0.15) is 0 Å². The lowest BCUT2D eigenvalue weighted by atomic mass is 9.88. The number of benzene rings is 6. The molecule has 0 saturated heterocycles. The summed E-state index contributed by atoms with van der Waals surface area (Å²) in [4.78, 5) is 5.26. The van der Waals surface area contributed by atoms with Crippen LogP contribution >= 0.6 is 11.3 Å². The zero-order valence-corrected chi connectivity index (χ0v) is 23.8. The van der Waals surface area contributed by atoms with E-state index < -0.39 is 0 Å². The molecule has 0 fully saturated rings. The number of rotatable bonds is 6. The van der Waals surface area contributed by atoms with Crippen molar-refractivity contribution >= 4 is 72.6 Å². The maximum Gasteiger partial charge on any atom is 0.0632 e. The second-order valence-electron chi connectivity index (χ2n) is 10.4. The molecule has 196 valence electrons. The lowest BCUT2D eigenvalue weighted by molar-refractivity contribution is 1.08. The van der Waals surface area contributed by atoms with Crippen molar-refractivity contribution in [2.75, 3.05) is 0 Å². The van der Waals surface area contributed by atoms with Gasteiger partial charge >= 0.3 is 0 Å². The molecule has 0 N–H and O–H groups in total. The average Bonchev–Trinajstić information content (AvgIpc) is 3.38. The normalized spacial score (nSPS) is 11.7. The number of aliphatic imine (C=N–C) groups is 1. The van der Waals surface area contributed by atoms with Crippen LogP contribution < -0.4 is 0 Å². The molecule has 41 heavy (non-hydrogen) atoms. The number of nitrogens with zero attached hydrogens (tertiary/aromatic N) is 1. The number of hydrogen-bond acceptors (Lipinski definition) is 2. The SMILES string of the molecule is C=Cc1sc2cc(-c3ccc4c(c3)c3ccccc3c3cccc(-c5ccc(CN=C)cc5)c34)ccc2c1/C=C\C. The molecule has 0 aliphatic carbocycles. The van der Waals surface area contributed by atoms with Crippen LogP contribution in [0.3, 0.4) is 0 Å². The van der Waals surface area contributed by atoms with Gasteiger partial charge in [-0.25, -0.2) is 0 Å². The van der Waals surface area contributed by atoms with Crippen LogP contribution in [-0.4, -0.2) is 6.72 Å². The Kier molecular flexibility index (Phi) is 6.34. The van der Waals surface area contributed by atoms with Crippen molar-refractivity contribution in [3.05, 3.63) is 132 Å². The molecule has 0 saturated carbocycles. The van der Waals surface area contributed by atoms with Crippen LogP contribution in [-0.2, 0) is 6.54 Å². The number of hydrogen-bond donors (Lipinski definition) is 0. The van der Waals surface area contributed by atoms with Gasteiger partial charge < -0.3 is 0 Å². The largest absolute Gasteiger partial charge is 0.296 e. The first kappa shape index (κ1) is 25.2. The molecular formula is C39H29NS. The summed E-state index contributed by atoms with van der Waals surface area (Å²) < 4.78 is 1.28. The zero-order chi connectivity index (χ0) is 27.9. The molecule has 0 aliphatic rings. The minimum absolute atomic E-state index is 0.634. The third-order valence-corrected chi connectivity index (χ3v) is 9.19. The Morgan fingerprint density at radius 3 is 2.07 bits per heavy atom. The molecular weight excluding hydrogens is 515 g/mol. The fourth-order valence-electron chi connectivity index (χ4n) is 6.15. The van der Waals surface area contributed by atoms with Crippen LogP contribution in [0.5, 0.6) is 0 Å². The van der Waals surface area contributed by atoms with Crippen LogP contribution in [0, 0.1) is 0 Å². The van der Waals surface area contributed by atoms with Crippen LogP contribution in [0.25, 0.3) is 76.8 Å². The Bertz CT molecular complexity index is 2160. The van der Waals surface area contributed by atoms with Crippen molar-refractivity contribution in [2.45, 2.75) is 13.5 Å². The van der Waals surface area contributed by atoms with E-state index in [9.17, 15) is 0 Å². The highest BCUT2D eigenvalue weighted by Gasteiger charge is 2.15. The van der Waals surface area contributed by atoms with Crippen molar-refractivity contribution in [2.24, 2.45) is 4.99 Å². The topological polar surface area (TPSA) is 12.4 Å².